The van der Waals surface area contributed by atoms with E-state index in [9.17, 15) is 4.79 Å². The maximum Gasteiger partial charge on any atom is 0.257 e. The van der Waals surface area contributed by atoms with Crippen molar-refractivity contribution in [1.82, 2.24) is 14.9 Å². The van der Waals surface area contributed by atoms with Gasteiger partial charge in [0.25, 0.3) is 5.56 Å². The van der Waals surface area contributed by atoms with Gasteiger partial charge in [-0.2, -0.15) is 0 Å². The van der Waals surface area contributed by atoms with Gasteiger partial charge in [0.2, 0.25) is 0 Å². The molecular weight excluding hydrogens is 364 g/mol. The molecule has 1 aliphatic heterocycles. The summed E-state index contributed by atoms with van der Waals surface area (Å²) >= 11 is 3.35. The smallest absolute Gasteiger partial charge is 0.257 e. The molecule has 26 heavy (non-hydrogen) atoms. The molecule has 1 aliphatic carbocycles. The number of allylic oxidation sites excluding steroid dienone is 1. The van der Waals surface area contributed by atoms with E-state index in [4.69, 9.17) is 0 Å². The number of fused-ring (bicyclic) bond motifs is 1. The lowest BCUT2D eigenvalue weighted by Crippen LogP contribution is -2.49. The summed E-state index contributed by atoms with van der Waals surface area (Å²) in [5.41, 5.74) is 2.30. The molecule has 3 aromatic heterocycles. The van der Waals surface area contributed by atoms with E-state index in [1.807, 2.05) is 23.0 Å². The second kappa shape index (κ2) is 6.64. The summed E-state index contributed by atoms with van der Waals surface area (Å²) in [6.07, 6.45) is 6.41. The highest BCUT2D eigenvalue weighted by atomic mass is 32.1. The highest BCUT2D eigenvalue weighted by Gasteiger charge is 2.27. The SMILES string of the molecule is O=c1[nH]c(C2=C[C@H](N3CCN(c4nccs4)CC3)CC2)cc2sccc12. The van der Waals surface area contributed by atoms with Crippen LogP contribution in [0.4, 0.5) is 5.13 Å². The normalized spacial score (nSPS) is 21.5. The van der Waals surface area contributed by atoms with Crippen molar-refractivity contribution in [2.45, 2.75) is 18.9 Å². The topological polar surface area (TPSA) is 52.2 Å². The Morgan fingerprint density at radius 3 is 2.85 bits per heavy atom. The van der Waals surface area contributed by atoms with E-state index in [2.05, 4.69) is 31.9 Å². The lowest BCUT2D eigenvalue weighted by Gasteiger charge is -2.37. The van der Waals surface area contributed by atoms with Crippen LogP contribution in [0.5, 0.6) is 0 Å². The van der Waals surface area contributed by atoms with Crippen LogP contribution in [-0.2, 0) is 0 Å². The molecule has 0 radical (unpaired) electrons. The number of piperazine rings is 1. The second-order valence-corrected chi connectivity index (χ2v) is 8.67. The van der Waals surface area contributed by atoms with Crippen LogP contribution in [0.15, 0.2) is 40.0 Å². The molecule has 1 saturated heterocycles. The highest BCUT2D eigenvalue weighted by molar-refractivity contribution is 7.17. The third-order valence-electron chi connectivity index (χ3n) is 5.39. The molecule has 0 spiro atoms. The van der Waals surface area contributed by atoms with Crippen LogP contribution in [0.25, 0.3) is 15.7 Å². The largest absolute Gasteiger partial charge is 0.346 e. The van der Waals surface area contributed by atoms with Gasteiger partial charge in [-0.05, 0) is 35.9 Å². The Bertz CT molecular complexity index is 996. The molecule has 5 nitrogen and oxygen atoms in total. The predicted molar refractivity (Wildman–Crippen MR) is 109 cm³/mol. The number of hydrogen-bond acceptors (Lipinski definition) is 6. The van der Waals surface area contributed by atoms with Crippen molar-refractivity contribution in [2.75, 3.05) is 31.1 Å². The summed E-state index contributed by atoms with van der Waals surface area (Å²) in [7, 11) is 0. The molecule has 4 heterocycles. The van der Waals surface area contributed by atoms with Crippen LogP contribution >= 0.6 is 22.7 Å². The number of anilines is 1. The maximum atomic E-state index is 12.3. The molecule has 1 atom stereocenters. The third kappa shape index (κ3) is 2.90. The number of aromatic amines is 1. The number of H-pyrrole nitrogens is 1. The van der Waals surface area contributed by atoms with Crippen LogP contribution in [0.2, 0.25) is 0 Å². The number of thiophene rings is 1. The summed E-state index contributed by atoms with van der Waals surface area (Å²) < 4.78 is 1.07. The number of rotatable bonds is 3. The first-order chi connectivity index (χ1) is 12.8. The second-order valence-electron chi connectivity index (χ2n) is 6.85. The van der Waals surface area contributed by atoms with Gasteiger partial charge in [-0.1, -0.05) is 6.08 Å². The molecule has 5 rings (SSSR count). The third-order valence-corrected chi connectivity index (χ3v) is 7.08. The average molecular weight is 385 g/mol. The molecule has 0 bridgehead atoms. The zero-order valence-electron chi connectivity index (χ0n) is 14.4. The minimum absolute atomic E-state index is 0.0279. The van der Waals surface area contributed by atoms with Gasteiger partial charge in [0.05, 0.1) is 5.39 Å². The van der Waals surface area contributed by atoms with Gasteiger partial charge in [0, 0.05) is 54.2 Å². The summed E-state index contributed by atoms with van der Waals surface area (Å²) in [4.78, 5) is 24.7. The number of aromatic nitrogens is 2. The summed E-state index contributed by atoms with van der Waals surface area (Å²) in [6.45, 7) is 4.19. The fourth-order valence-corrected chi connectivity index (χ4v) is 5.50. The monoisotopic (exact) mass is 384 g/mol. The molecule has 134 valence electrons. The quantitative estimate of drug-likeness (QED) is 0.752. The Hall–Kier alpha value is -1.96. The van der Waals surface area contributed by atoms with Gasteiger partial charge in [-0.3, -0.25) is 9.69 Å². The zero-order valence-corrected chi connectivity index (χ0v) is 16.0. The number of nitrogens with zero attached hydrogens (tertiary/aromatic N) is 3. The van der Waals surface area contributed by atoms with E-state index in [1.165, 1.54) is 5.57 Å². The molecule has 1 N–H and O–H groups in total. The average Bonchev–Trinajstić information content (AvgIpc) is 3.41. The summed E-state index contributed by atoms with van der Waals surface area (Å²) in [6, 6.07) is 4.51. The van der Waals surface area contributed by atoms with Crippen molar-refractivity contribution < 1.29 is 0 Å². The standard InChI is InChI=1S/C19H20N4OS2/c24-18-15-3-9-25-17(15)12-16(21-18)13-1-2-14(11-13)22-5-7-23(8-6-22)19-20-4-10-26-19/h3-4,9-12,14H,1-2,5-8H2,(H,21,24)/t14-/m1/s1. The van der Waals surface area contributed by atoms with Crippen LogP contribution in [0, 0.1) is 0 Å². The Balaban J connectivity index is 1.31. The first-order valence-corrected chi connectivity index (χ1v) is 10.7. The van der Waals surface area contributed by atoms with Gasteiger partial charge in [0.15, 0.2) is 5.13 Å². The van der Waals surface area contributed by atoms with E-state index in [-0.39, 0.29) is 5.56 Å². The van der Waals surface area contributed by atoms with E-state index in [0.717, 1.165) is 59.9 Å². The minimum atomic E-state index is 0.0279. The Labute approximate surface area is 159 Å². The Kier molecular flexibility index (Phi) is 4.15. The number of nitrogens with one attached hydrogen (secondary N) is 1. The minimum Gasteiger partial charge on any atom is -0.346 e. The first-order valence-electron chi connectivity index (χ1n) is 8.98. The van der Waals surface area contributed by atoms with E-state index >= 15 is 0 Å². The van der Waals surface area contributed by atoms with E-state index in [1.54, 1.807) is 22.7 Å². The van der Waals surface area contributed by atoms with E-state index < -0.39 is 0 Å². The molecule has 0 saturated carbocycles. The Morgan fingerprint density at radius 2 is 2.04 bits per heavy atom. The summed E-state index contributed by atoms with van der Waals surface area (Å²) in [5, 5.41) is 5.96. The highest BCUT2D eigenvalue weighted by Crippen LogP contribution is 2.32. The van der Waals surface area contributed by atoms with Crippen molar-refractivity contribution in [3.05, 3.63) is 51.2 Å². The molecular formula is C19H20N4OS2. The number of pyridine rings is 1. The summed E-state index contributed by atoms with van der Waals surface area (Å²) in [5.74, 6) is 0. The molecule has 0 aromatic carbocycles. The number of hydrogen-bond donors (Lipinski definition) is 1. The van der Waals surface area contributed by atoms with Gasteiger partial charge in [-0.25, -0.2) is 4.98 Å². The van der Waals surface area contributed by atoms with Gasteiger partial charge in [-0.15, -0.1) is 22.7 Å². The molecule has 2 aliphatic rings. The van der Waals surface area contributed by atoms with Gasteiger partial charge < -0.3 is 9.88 Å². The van der Waals surface area contributed by atoms with Crippen molar-refractivity contribution in [2.24, 2.45) is 0 Å². The van der Waals surface area contributed by atoms with Crippen LogP contribution in [0.1, 0.15) is 18.5 Å². The zero-order chi connectivity index (χ0) is 17.5. The van der Waals surface area contributed by atoms with Gasteiger partial charge in [0.1, 0.15) is 0 Å². The Morgan fingerprint density at radius 1 is 1.15 bits per heavy atom. The molecule has 1 fully saturated rings. The van der Waals surface area contributed by atoms with Crippen LogP contribution in [0.3, 0.4) is 0 Å². The van der Waals surface area contributed by atoms with Crippen molar-refractivity contribution in [3.63, 3.8) is 0 Å². The molecule has 7 heteroatoms. The van der Waals surface area contributed by atoms with Crippen molar-refractivity contribution >= 4 is 43.5 Å². The molecule has 0 unspecified atom stereocenters. The van der Waals surface area contributed by atoms with Crippen LogP contribution < -0.4 is 10.5 Å². The van der Waals surface area contributed by atoms with Gasteiger partial charge >= 0.3 is 0 Å². The number of thiazole rings is 1. The van der Waals surface area contributed by atoms with Crippen LogP contribution in [-0.4, -0.2) is 47.1 Å². The van der Waals surface area contributed by atoms with E-state index in [0.29, 0.717) is 6.04 Å². The fourth-order valence-electron chi connectivity index (χ4n) is 3.98. The van der Waals surface area contributed by atoms with Crippen molar-refractivity contribution in [1.29, 1.82) is 0 Å². The predicted octanol–water partition coefficient (Wildman–Crippen LogP) is 3.41. The molecule has 3 aromatic rings. The lowest BCUT2D eigenvalue weighted by molar-refractivity contribution is 0.214. The fraction of sp³-hybridized carbons (Fsp3) is 0.368. The maximum absolute atomic E-state index is 12.3. The first kappa shape index (κ1) is 16.2. The lowest BCUT2D eigenvalue weighted by atomic mass is 10.1. The van der Waals surface area contributed by atoms with Crippen molar-refractivity contribution in [3.8, 4) is 0 Å². The molecule has 0 amide bonds.